The van der Waals surface area contributed by atoms with Crippen LogP contribution in [0.4, 0.5) is 0 Å². The zero-order valence-corrected chi connectivity index (χ0v) is 19.1. The van der Waals surface area contributed by atoms with Crippen molar-refractivity contribution in [2.45, 2.75) is 12.0 Å². The largest absolute Gasteiger partial charge is 0.834 e. The first kappa shape index (κ1) is 23.0. The molecule has 170 valence electrons. The lowest BCUT2D eigenvalue weighted by Crippen LogP contribution is -2.50. The van der Waals surface area contributed by atoms with Crippen molar-refractivity contribution in [3.05, 3.63) is 114 Å². The topological polar surface area (TPSA) is 49.4 Å². The van der Waals surface area contributed by atoms with Gasteiger partial charge in [-0.3, -0.25) is 4.79 Å². The van der Waals surface area contributed by atoms with Crippen LogP contribution < -0.4 is 5.11 Å². The van der Waals surface area contributed by atoms with Crippen LogP contribution in [0.1, 0.15) is 23.1 Å². The summed E-state index contributed by atoms with van der Waals surface area (Å²) in [6, 6.07) is 27.9. The maximum atomic E-state index is 13.9. The highest BCUT2D eigenvalue weighted by atomic mass is 16.5. The van der Waals surface area contributed by atoms with Gasteiger partial charge in [0.15, 0.2) is 0 Å². The van der Waals surface area contributed by atoms with Gasteiger partial charge in [0.25, 0.3) is 0 Å². The maximum absolute atomic E-state index is 13.9. The number of quaternary nitrogens is 1. The van der Waals surface area contributed by atoms with Crippen molar-refractivity contribution in [3.63, 3.8) is 0 Å². The number of esters is 1. The Kier molecular flexibility index (Phi) is 7.07. The molecular formula is C29H31NO3. The van der Waals surface area contributed by atoms with Gasteiger partial charge in [-0.25, -0.2) is 0 Å². The first-order valence-electron chi connectivity index (χ1n) is 11.5. The number of likely N-dealkylation sites (N-methyl/N-ethyl adjacent to an activating group) is 1. The zero-order chi connectivity index (χ0) is 23.2. The molecule has 1 aliphatic heterocycles. The lowest BCUT2D eigenvalue weighted by molar-refractivity contribution is -0.893. The molecule has 2 atom stereocenters. The van der Waals surface area contributed by atoms with Crippen molar-refractivity contribution in [3.8, 4) is 0 Å². The molecule has 0 spiro atoms. The molecule has 0 aliphatic carbocycles. The quantitative estimate of drug-likeness (QED) is 0.392. The van der Waals surface area contributed by atoms with Gasteiger partial charge < -0.3 is 14.3 Å². The van der Waals surface area contributed by atoms with Crippen molar-refractivity contribution in [2.75, 3.05) is 33.3 Å². The molecule has 0 N–H and O–H groups in total. The second kappa shape index (κ2) is 10.2. The molecule has 4 rings (SSSR count). The fourth-order valence-electron chi connectivity index (χ4n) is 4.65. The van der Waals surface area contributed by atoms with Crippen LogP contribution in [0.25, 0.3) is 6.08 Å². The smallest absolute Gasteiger partial charge is 0.304 e. The normalized spacial score (nSPS) is 20.7. The molecule has 0 amide bonds. The summed E-state index contributed by atoms with van der Waals surface area (Å²) in [5.74, 6) is -0.482. The highest BCUT2D eigenvalue weighted by Crippen LogP contribution is 2.29. The molecule has 0 saturated carbocycles. The number of nitrogens with zero attached hydrogens (tertiary/aromatic N) is 1. The van der Waals surface area contributed by atoms with E-state index >= 15 is 0 Å². The zero-order valence-electron chi connectivity index (χ0n) is 19.1. The Morgan fingerprint density at radius 1 is 0.970 bits per heavy atom. The van der Waals surface area contributed by atoms with E-state index in [9.17, 15) is 9.90 Å². The van der Waals surface area contributed by atoms with Crippen molar-refractivity contribution in [1.29, 1.82) is 0 Å². The van der Waals surface area contributed by atoms with Crippen LogP contribution in [0.3, 0.4) is 0 Å². The molecule has 3 aromatic rings. The summed E-state index contributed by atoms with van der Waals surface area (Å²) in [5.41, 5.74) is -0.0708. The Labute approximate surface area is 196 Å². The molecule has 1 aliphatic rings. The number of likely N-dealkylation sites (tertiary alicyclic amines) is 1. The summed E-state index contributed by atoms with van der Waals surface area (Å²) < 4.78 is 6.60. The maximum Gasteiger partial charge on any atom is 0.304 e. The van der Waals surface area contributed by atoms with E-state index < -0.39 is 11.6 Å². The third-order valence-corrected chi connectivity index (χ3v) is 6.53. The molecule has 0 bridgehead atoms. The number of carbonyl (C=O) groups is 1. The minimum atomic E-state index is -2.07. The van der Waals surface area contributed by atoms with Gasteiger partial charge in [0.05, 0.1) is 33.3 Å². The molecule has 33 heavy (non-hydrogen) atoms. The predicted octanol–water partition coefficient (Wildman–Crippen LogP) is 4.01. The number of ether oxygens (including phenoxy) is 1. The molecule has 1 saturated heterocycles. The van der Waals surface area contributed by atoms with Crippen LogP contribution in [0.15, 0.2) is 97.1 Å². The summed E-state index contributed by atoms with van der Waals surface area (Å²) in [5, 5.41) is 13.9. The van der Waals surface area contributed by atoms with E-state index in [0.717, 1.165) is 30.5 Å². The summed E-state index contributed by atoms with van der Waals surface area (Å²) >= 11 is 0. The summed E-state index contributed by atoms with van der Waals surface area (Å²) in [7, 11) is 2.24. The highest BCUT2D eigenvalue weighted by Gasteiger charge is 2.36. The first-order valence-corrected chi connectivity index (χ1v) is 11.5. The number of benzene rings is 3. The molecule has 4 heteroatoms. The van der Waals surface area contributed by atoms with Crippen molar-refractivity contribution < 1.29 is 19.1 Å². The van der Waals surface area contributed by atoms with Gasteiger partial charge in [-0.2, -0.15) is 0 Å². The van der Waals surface area contributed by atoms with Crippen molar-refractivity contribution in [2.24, 2.45) is 5.92 Å². The molecule has 1 fully saturated rings. The van der Waals surface area contributed by atoms with Crippen LogP contribution in [0.2, 0.25) is 0 Å². The van der Waals surface area contributed by atoms with Crippen LogP contribution in [-0.4, -0.2) is 43.7 Å². The summed E-state index contributed by atoms with van der Waals surface area (Å²) in [6.07, 6.45) is 5.35. The average molecular weight is 442 g/mol. The third kappa shape index (κ3) is 5.41. The molecule has 1 unspecified atom stereocenters. The summed E-state index contributed by atoms with van der Waals surface area (Å²) in [6.45, 7) is 3.16. The SMILES string of the molecule is C[N+]1(C/C=C/c2ccccc2)CC[C@H](COC(=O)C([O-])(c2ccccc2)c2ccccc2)C1. The molecular weight excluding hydrogens is 410 g/mol. The summed E-state index contributed by atoms with van der Waals surface area (Å²) in [4.78, 5) is 13.2. The van der Waals surface area contributed by atoms with E-state index in [1.807, 2.05) is 30.3 Å². The Morgan fingerprint density at radius 2 is 1.52 bits per heavy atom. The van der Waals surface area contributed by atoms with E-state index in [1.54, 1.807) is 48.5 Å². The Balaban J connectivity index is 1.39. The van der Waals surface area contributed by atoms with E-state index in [0.29, 0.717) is 11.1 Å². The Bertz CT molecular complexity index is 1030. The van der Waals surface area contributed by atoms with Crippen LogP contribution >= 0.6 is 0 Å². The van der Waals surface area contributed by atoms with Crippen LogP contribution in [-0.2, 0) is 15.1 Å². The fourth-order valence-corrected chi connectivity index (χ4v) is 4.65. The van der Waals surface area contributed by atoms with Crippen molar-refractivity contribution >= 4 is 12.0 Å². The lowest BCUT2D eigenvalue weighted by atomic mass is 9.86. The van der Waals surface area contributed by atoms with Gasteiger partial charge in [-0.15, -0.1) is 0 Å². The molecule has 1 heterocycles. The van der Waals surface area contributed by atoms with E-state index in [2.05, 4.69) is 31.3 Å². The second-order valence-corrected chi connectivity index (χ2v) is 9.19. The molecule has 4 nitrogen and oxygen atoms in total. The fraction of sp³-hybridized carbons (Fsp3) is 0.276. The van der Waals surface area contributed by atoms with E-state index in [1.165, 1.54) is 5.56 Å². The number of hydrogen-bond donors (Lipinski definition) is 0. The first-order chi connectivity index (χ1) is 16.0. The second-order valence-electron chi connectivity index (χ2n) is 9.19. The van der Waals surface area contributed by atoms with Gasteiger partial charge >= 0.3 is 5.97 Å². The highest BCUT2D eigenvalue weighted by molar-refractivity contribution is 5.85. The Morgan fingerprint density at radius 3 is 2.09 bits per heavy atom. The van der Waals surface area contributed by atoms with E-state index in [-0.39, 0.29) is 12.5 Å². The minimum absolute atomic E-state index is 0.250. The molecule has 0 aromatic heterocycles. The van der Waals surface area contributed by atoms with Crippen molar-refractivity contribution in [1.82, 2.24) is 0 Å². The van der Waals surface area contributed by atoms with Gasteiger partial charge in [0.1, 0.15) is 0 Å². The van der Waals surface area contributed by atoms with Crippen LogP contribution in [0, 0.1) is 5.92 Å². The average Bonchev–Trinajstić information content (AvgIpc) is 3.24. The van der Waals surface area contributed by atoms with Gasteiger partial charge in [0.2, 0.25) is 0 Å². The van der Waals surface area contributed by atoms with E-state index in [4.69, 9.17) is 4.74 Å². The Hall–Kier alpha value is -3.21. The van der Waals surface area contributed by atoms with Crippen LogP contribution in [0.5, 0.6) is 0 Å². The third-order valence-electron chi connectivity index (χ3n) is 6.53. The van der Waals surface area contributed by atoms with Gasteiger partial charge in [-0.1, -0.05) is 97.1 Å². The van der Waals surface area contributed by atoms with Gasteiger partial charge in [0, 0.05) is 17.9 Å². The number of rotatable bonds is 8. The number of carbonyl (C=O) groups excluding carboxylic acids is 1. The predicted molar refractivity (Wildman–Crippen MR) is 129 cm³/mol. The lowest BCUT2D eigenvalue weighted by Gasteiger charge is -2.39. The standard InChI is InChI=1S/C29H31NO3/c1-30(20-11-14-24-12-5-2-6-13-24)21-19-25(22-30)23-33-28(31)29(32,26-15-7-3-8-16-26)27-17-9-4-10-18-27/h2-18,25H,19-23H2,1H3/b14-11+/t25-,30?/m0/s1. The molecule has 3 aromatic carbocycles. The minimum Gasteiger partial charge on any atom is -0.834 e. The number of hydrogen-bond acceptors (Lipinski definition) is 3. The molecule has 0 radical (unpaired) electrons. The monoisotopic (exact) mass is 441 g/mol. The van der Waals surface area contributed by atoms with Gasteiger partial charge in [-0.05, 0) is 22.8 Å².